The Hall–Kier alpha value is 0.620. The van der Waals surface area contributed by atoms with Gasteiger partial charge in [0.05, 0.1) is 0 Å². The zero-order chi connectivity index (χ0) is 14.1. The molecule has 2 nitrogen and oxygen atoms in total. The zero-order valence-electron chi connectivity index (χ0n) is 13.3. The van der Waals surface area contributed by atoms with E-state index < -0.39 is 0 Å². The van der Waals surface area contributed by atoms with Crippen LogP contribution in [-0.4, -0.2) is 71.6 Å². The summed E-state index contributed by atoms with van der Waals surface area (Å²) >= 11 is 4.38. The van der Waals surface area contributed by atoms with Crippen molar-refractivity contribution in [2.45, 2.75) is 38.1 Å². The smallest absolute Gasteiger partial charge is 0.0277 e. The number of hydrogen-bond donors (Lipinski definition) is 0. The number of piperidine rings is 1. The maximum Gasteiger partial charge on any atom is 0.0277 e. The molecule has 4 aliphatic rings. The molecule has 0 aromatic heterocycles. The second kappa shape index (κ2) is 6.62. The SMILES string of the molecule is C1CN(CC2CC2)C[C@]2(C1)CCN(C1CSCCSC1)C2. The van der Waals surface area contributed by atoms with Crippen molar-refractivity contribution in [1.29, 1.82) is 0 Å². The van der Waals surface area contributed by atoms with Crippen molar-refractivity contribution in [3.8, 4) is 0 Å². The van der Waals surface area contributed by atoms with Gasteiger partial charge in [0.1, 0.15) is 0 Å². The lowest BCUT2D eigenvalue weighted by atomic mass is 9.79. The second-order valence-corrected chi connectivity index (χ2v) is 10.1. The zero-order valence-corrected chi connectivity index (χ0v) is 14.9. The Morgan fingerprint density at radius 2 is 1.76 bits per heavy atom. The molecular formula is C17H30N2S2. The van der Waals surface area contributed by atoms with Crippen molar-refractivity contribution in [3.05, 3.63) is 0 Å². The van der Waals surface area contributed by atoms with Crippen LogP contribution in [-0.2, 0) is 0 Å². The maximum atomic E-state index is 2.87. The lowest BCUT2D eigenvalue weighted by Gasteiger charge is -2.41. The van der Waals surface area contributed by atoms with E-state index in [9.17, 15) is 0 Å². The van der Waals surface area contributed by atoms with E-state index in [2.05, 4.69) is 33.3 Å². The van der Waals surface area contributed by atoms with Crippen molar-refractivity contribution in [1.82, 2.24) is 9.80 Å². The molecule has 3 heterocycles. The second-order valence-electron chi connectivity index (χ2n) is 7.81. The topological polar surface area (TPSA) is 6.48 Å². The van der Waals surface area contributed by atoms with E-state index in [0.29, 0.717) is 5.41 Å². The molecule has 1 aliphatic carbocycles. The van der Waals surface area contributed by atoms with Crippen molar-refractivity contribution in [3.63, 3.8) is 0 Å². The lowest BCUT2D eigenvalue weighted by molar-refractivity contribution is 0.0860. The molecular weight excluding hydrogens is 296 g/mol. The summed E-state index contributed by atoms with van der Waals surface area (Å²) in [6, 6.07) is 0.862. The highest BCUT2D eigenvalue weighted by molar-refractivity contribution is 8.03. The number of thioether (sulfide) groups is 2. The van der Waals surface area contributed by atoms with E-state index in [1.807, 2.05) is 0 Å². The molecule has 3 aliphatic heterocycles. The molecule has 21 heavy (non-hydrogen) atoms. The van der Waals surface area contributed by atoms with Gasteiger partial charge in [-0.2, -0.15) is 23.5 Å². The van der Waals surface area contributed by atoms with Gasteiger partial charge in [0.25, 0.3) is 0 Å². The van der Waals surface area contributed by atoms with Gasteiger partial charge in [-0.15, -0.1) is 0 Å². The summed E-state index contributed by atoms with van der Waals surface area (Å²) in [7, 11) is 0. The van der Waals surface area contributed by atoms with Crippen LogP contribution in [0, 0.1) is 11.3 Å². The first kappa shape index (κ1) is 15.2. The van der Waals surface area contributed by atoms with E-state index in [1.165, 1.54) is 87.8 Å². The minimum atomic E-state index is 0.661. The van der Waals surface area contributed by atoms with Crippen LogP contribution in [0.25, 0.3) is 0 Å². The summed E-state index contributed by atoms with van der Waals surface area (Å²) in [5.41, 5.74) is 0.661. The van der Waals surface area contributed by atoms with Gasteiger partial charge in [-0.3, -0.25) is 4.90 Å². The van der Waals surface area contributed by atoms with Gasteiger partial charge in [0.15, 0.2) is 0 Å². The van der Waals surface area contributed by atoms with Crippen LogP contribution in [0.5, 0.6) is 0 Å². The Morgan fingerprint density at radius 3 is 2.52 bits per heavy atom. The predicted octanol–water partition coefficient (Wildman–Crippen LogP) is 3.03. The summed E-state index contributed by atoms with van der Waals surface area (Å²) in [4.78, 5) is 5.69. The first-order chi connectivity index (χ1) is 10.3. The van der Waals surface area contributed by atoms with Crippen molar-refractivity contribution in [2.75, 3.05) is 55.7 Å². The fourth-order valence-corrected chi connectivity index (χ4v) is 7.19. The Morgan fingerprint density at radius 1 is 0.952 bits per heavy atom. The van der Waals surface area contributed by atoms with Gasteiger partial charge in [0.2, 0.25) is 0 Å². The average Bonchev–Trinajstić information content (AvgIpc) is 3.26. The normalized spacial score (nSPS) is 37.1. The highest BCUT2D eigenvalue weighted by atomic mass is 32.2. The van der Waals surface area contributed by atoms with Gasteiger partial charge in [-0.1, -0.05) is 0 Å². The summed E-state index contributed by atoms with van der Waals surface area (Å²) in [6.07, 6.45) is 7.44. The Kier molecular flexibility index (Phi) is 4.78. The Balaban J connectivity index is 1.34. The quantitative estimate of drug-likeness (QED) is 0.786. The highest BCUT2D eigenvalue weighted by Crippen LogP contribution is 2.41. The molecule has 0 N–H and O–H groups in total. The van der Waals surface area contributed by atoms with E-state index in [1.54, 1.807) is 0 Å². The van der Waals surface area contributed by atoms with E-state index in [0.717, 1.165) is 12.0 Å². The Bertz CT molecular complexity index is 353. The van der Waals surface area contributed by atoms with Gasteiger partial charge < -0.3 is 4.90 Å². The third-order valence-electron chi connectivity index (χ3n) is 5.93. The van der Waals surface area contributed by atoms with Crippen LogP contribution in [0.4, 0.5) is 0 Å². The predicted molar refractivity (Wildman–Crippen MR) is 95.5 cm³/mol. The number of rotatable bonds is 3. The van der Waals surface area contributed by atoms with Crippen LogP contribution in [0.2, 0.25) is 0 Å². The molecule has 1 atom stereocenters. The van der Waals surface area contributed by atoms with Crippen molar-refractivity contribution in [2.24, 2.45) is 11.3 Å². The minimum Gasteiger partial charge on any atom is -0.302 e. The fraction of sp³-hybridized carbons (Fsp3) is 1.00. The lowest BCUT2D eigenvalue weighted by Crippen LogP contribution is -2.47. The van der Waals surface area contributed by atoms with Crippen molar-refractivity contribution >= 4 is 23.5 Å². The third-order valence-corrected chi connectivity index (χ3v) is 8.42. The highest BCUT2D eigenvalue weighted by Gasteiger charge is 2.43. The molecule has 1 spiro atoms. The third kappa shape index (κ3) is 3.76. The summed E-state index contributed by atoms with van der Waals surface area (Å²) < 4.78 is 0. The Labute approximate surface area is 138 Å². The first-order valence-corrected chi connectivity index (χ1v) is 11.3. The van der Waals surface area contributed by atoms with Gasteiger partial charge in [0, 0.05) is 48.7 Å². The van der Waals surface area contributed by atoms with Crippen LogP contribution in [0.15, 0.2) is 0 Å². The molecule has 0 radical (unpaired) electrons. The summed E-state index contributed by atoms with van der Waals surface area (Å²) in [5.74, 6) is 6.57. The number of hydrogen-bond acceptors (Lipinski definition) is 4. The number of likely N-dealkylation sites (tertiary alicyclic amines) is 2. The van der Waals surface area contributed by atoms with Crippen LogP contribution in [0.1, 0.15) is 32.1 Å². The maximum absolute atomic E-state index is 2.87. The van der Waals surface area contributed by atoms with E-state index >= 15 is 0 Å². The van der Waals surface area contributed by atoms with Crippen LogP contribution < -0.4 is 0 Å². The monoisotopic (exact) mass is 326 g/mol. The van der Waals surface area contributed by atoms with Crippen LogP contribution >= 0.6 is 23.5 Å². The molecule has 0 bridgehead atoms. The average molecular weight is 327 g/mol. The molecule has 0 aromatic carbocycles. The van der Waals surface area contributed by atoms with E-state index in [4.69, 9.17) is 0 Å². The summed E-state index contributed by atoms with van der Waals surface area (Å²) in [6.45, 7) is 6.99. The van der Waals surface area contributed by atoms with Crippen molar-refractivity contribution < 1.29 is 0 Å². The van der Waals surface area contributed by atoms with Gasteiger partial charge in [-0.25, -0.2) is 0 Å². The van der Waals surface area contributed by atoms with E-state index in [-0.39, 0.29) is 0 Å². The number of nitrogens with zero attached hydrogens (tertiary/aromatic N) is 2. The standard InChI is InChI=1S/C17H30N2S2/c1-4-17(13-18(6-1)10-15-2-3-15)5-7-19(14-17)16-11-20-8-9-21-12-16/h15-16H,1-14H2/t17-/m0/s1. The minimum absolute atomic E-state index is 0.661. The van der Waals surface area contributed by atoms with Gasteiger partial charge in [-0.05, 0) is 56.5 Å². The molecule has 4 rings (SSSR count). The molecule has 0 amide bonds. The summed E-state index contributed by atoms with van der Waals surface area (Å²) in [5, 5.41) is 0. The molecule has 0 aromatic rings. The fourth-order valence-electron chi connectivity index (χ4n) is 4.56. The largest absolute Gasteiger partial charge is 0.302 e. The molecule has 1 saturated carbocycles. The molecule has 4 heteroatoms. The first-order valence-electron chi connectivity index (χ1n) is 8.95. The van der Waals surface area contributed by atoms with Crippen LogP contribution in [0.3, 0.4) is 0 Å². The molecule has 4 fully saturated rings. The molecule has 3 saturated heterocycles. The van der Waals surface area contributed by atoms with Gasteiger partial charge >= 0.3 is 0 Å². The molecule has 0 unspecified atom stereocenters. The molecule has 120 valence electrons.